The molecule has 0 radical (unpaired) electrons. The van der Waals surface area contributed by atoms with Crippen LogP contribution in [0.25, 0.3) is 10.9 Å². The number of piperazine rings is 1. The van der Waals surface area contributed by atoms with Crippen LogP contribution in [-0.2, 0) is 12.1 Å². The third-order valence-corrected chi connectivity index (χ3v) is 7.36. The van der Waals surface area contributed by atoms with Gasteiger partial charge in [0.15, 0.2) is 17.3 Å². The fraction of sp³-hybridized carbons (Fsp3) is 0.429. The lowest BCUT2D eigenvalue weighted by molar-refractivity contribution is 0.0975. The second kappa shape index (κ2) is 9.97. The Kier molecular flexibility index (Phi) is 6.48. The fourth-order valence-electron chi connectivity index (χ4n) is 5.35. The van der Waals surface area contributed by atoms with Gasteiger partial charge in [-0.1, -0.05) is 6.07 Å². The van der Waals surface area contributed by atoms with Gasteiger partial charge >= 0.3 is 0 Å². The number of H-pyrrole nitrogens is 1. The molecule has 1 atom stereocenters. The molecule has 0 aliphatic carbocycles. The van der Waals surface area contributed by atoms with E-state index in [1.165, 1.54) is 5.56 Å². The molecule has 1 N–H and O–H groups in total. The number of aromatic amines is 1. The molecule has 6 rings (SSSR count). The summed E-state index contributed by atoms with van der Waals surface area (Å²) in [6.07, 6.45) is 0. The molecule has 0 spiro atoms. The van der Waals surface area contributed by atoms with Crippen molar-refractivity contribution in [2.24, 2.45) is 0 Å². The zero-order chi connectivity index (χ0) is 27.1. The lowest BCUT2D eigenvalue weighted by atomic mass is 10.0. The summed E-state index contributed by atoms with van der Waals surface area (Å²) in [7, 11) is 1.64. The van der Waals surface area contributed by atoms with E-state index in [1.807, 2.05) is 35.0 Å². The molecule has 0 saturated carbocycles. The van der Waals surface area contributed by atoms with Crippen LogP contribution in [0.15, 0.2) is 47.3 Å². The monoisotopic (exact) mass is 531 g/mol. The van der Waals surface area contributed by atoms with Gasteiger partial charge in [0, 0.05) is 49.2 Å². The number of benzene rings is 2. The Morgan fingerprint density at radius 2 is 1.82 bits per heavy atom. The van der Waals surface area contributed by atoms with Crippen LogP contribution >= 0.6 is 0 Å². The highest BCUT2D eigenvalue weighted by Crippen LogP contribution is 2.34. The van der Waals surface area contributed by atoms with E-state index < -0.39 is 6.04 Å². The van der Waals surface area contributed by atoms with Crippen LogP contribution in [0.3, 0.4) is 0 Å². The van der Waals surface area contributed by atoms with Crippen molar-refractivity contribution >= 4 is 10.9 Å². The Morgan fingerprint density at radius 1 is 1.03 bits per heavy atom. The van der Waals surface area contributed by atoms with Gasteiger partial charge in [0.2, 0.25) is 6.79 Å². The Morgan fingerprint density at radius 3 is 2.59 bits per heavy atom. The number of tetrazole rings is 1. The van der Waals surface area contributed by atoms with Crippen LogP contribution in [0.4, 0.5) is 0 Å². The number of fused-ring (bicyclic) bond motifs is 2. The lowest BCUT2D eigenvalue weighted by Crippen LogP contribution is -2.49. The Bertz CT molecular complexity index is 1550. The van der Waals surface area contributed by atoms with E-state index in [-0.39, 0.29) is 17.9 Å². The van der Waals surface area contributed by atoms with Crippen LogP contribution in [0.1, 0.15) is 43.8 Å². The first-order valence-corrected chi connectivity index (χ1v) is 13.1. The van der Waals surface area contributed by atoms with E-state index in [0.717, 1.165) is 60.9 Å². The van der Waals surface area contributed by atoms with Gasteiger partial charge in [0.1, 0.15) is 11.8 Å². The number of ether oxygens (including phenoxy) is 3. The van der Waals surface area contributed by atoms with Gasteiger partial charge in [0.25, 0.3) is 5.56 Å². The van der Waals surface area contributed by atoms with Crippen molar-refractivity contribution < 1.29 is 14.2 Å². The number of pyridine rings is 1. The smallest absolute Gasteiger partial charge is 0.253 e. The van der Waals surface area contributed by atoms with Crippen LogP contribution in [-0.4, -0.2) is 75.1 Å². The average Bonchev–Trinajstić information content (AvgIpc) is 3.60. The van der Waals surface area contributed by atoms with Gasteiger partial charge in [-0.2, -0.15) is 0 Å². The van der Waals surface area contributed by atoms with Crippen molar-refractivity contribution in [1.29, 1.82) is 0 Å². The molecular formula is C28H33N7O4. The van der Waals surface area contributed by atoms with Crippen LogP contribution < -0.4 is 19.8 Å². The Hall–Kier alpha value is -3.96. The summed E-state index contributed by atoms with van der Waals surface area (Å²) in [5.41, 5.74) is 2.04. The molecule has 2 aromatic carbocycles. The summed E-state index contributed by atoms with van der Waals surface area (Å²) in [5, 5.41) is 13.7. The van der Waals surface area contributed by atoms with Gasteiger partial charge in [-0.25, -0.2) is 4.68 Å². The second-order valence-corrected chi connectivity index (χ2v) is 11.0. The number of aromatic nitrogens is 5. The van der Waals surface area contributed by atoms with E-state index >= 15 is 0 Å². The molecule has 0 amide bonds. The SMILES string of the molecule is COc1ccc2[nH]c(=O)c([C@@H](c3nnnn3C(C)(C)C)N3CCN(Cc4ccc5c(c4)OCO5)CC3)cc2c1. The van der Waals surface area contributed by atoms with E-state index in [0.29, 0.717) is 11.4 Å². The molecule has 1 fully saturated rings. The average molecular weight is 532 g/mol. The van der Waals surface area contributed by atoms with Crippen molar-refractivity contribution in [2.45, 2.75) is 38.9 Å². The third-order valence-electron chi connectivity index (χ3n) is 7.36. The lowest BCUT2D eigenvalue weighted by Gasteiger charge is -2.39. The summed E-state index contributed by atoms with van der Waals surface area (Å²) in [5.74, 6) is 2.97. The summed E-state index contributed by atoms with van der Waals surface area (Å²) in [4.78, 5) is 21.3. The molecule has 204 valence electrons. The van der Waals surface area contributed by atoms with Gasteiger partial charge in [0.05, 0.1) is 12.6 Å². The minimum absolute atomic E-state index is 0.149. The molecule has 4 aromatic rings. The van der Waals surface area contributed by atoms with E-state index in [1.54, 1.807) is 7.11 Å². The molecule has 4 heterocycles. The number of rotatable bonds is 6. The van der Waals surface area contributed by atoms with Crippen LogP contribution in [0.5, 0.6) is 17.2 Å². The topological polar surface area (TPSA) is 111 Å². The number of nitrogens with one attached hydrogen (secondary N) is 1. The highest BCUT2D eigenvalue weighted by atomic mass is 16.7. The number of methoxy groups -OCH3 is 1. The largest absolute Gasteiger partial charge is 0.497 e. The maximum atomic E-state index is 13.5. The molecule has 11 nitrogen and oxygen atoms in total. The first-order valence-electron chi connectivity index (χ1n) is 13.1. The van der Waals surface area contributed by atoms with Crippen molar-refractivity contribution in [3.8, 4) is 17.2 Å². The minimum Gasteiger partial charge on any atom is -0.497 e. The number of nitrogens with zero attached hydrogens (tertiary/aromatic N) is 6. The van der Waals surface area contributed by atoms with Crippen molar-refractivity contribution in [2.75, 3.05) is 40.1 Å². The molecular weight excluding hydrogens is 498 g/mol. The second-order valence-electron chi connectivity index (χ2n) is 11.0. The summed E-state index contributed by atoms with van der Waals surface area (Å²) >= 11 is 0. The van der Waals surface area contributed by atoms with Gasteiger partial charge in [-0.05, 0) is 73.2 Å². The highest BCUT2D eigenvalue weighted by Gasteiger charge is 2.35. The zero-order valence-electron chi connectivity index (χ0n) is 22.7. The summed E-state index contributed by atoms with van der Waals surface area (Å²) in [6, 6.07) is 13.3. The molecule has 2 aliphatic rings. The van der Waals surface area contributed by atoms with Crippen molar-refractivity contribution in [3.05, 3.63) is 69.8 Å². The number of hydrogen-bond acceptors (Lipinski definition) is 9. The Balaban J connectivity index is 1.31. The first kappa shape index (κ1) is 25.3. The quantitative estimate of drug-likeness (QED) is 0.401. The van der Waals surface area contributed by atoms with Crippen LogP contribution in [0, 0.1) is 0 Å². The van der Waals surface area contributed by atoms with E-state index in [9.17, 15) is 4.79 Å². The fourth-order valence-corrected chi connectivity index (χ4v) is 5.35. The van der Waals surface area contributed by atoms with Crippen molar-refractivity contribution in [1.82, 2.24) is 35.0 Å². The predicted molar refractivity (Wildman–Crippen MR) is 145 cm³/mol. The minimum atomic E-state index is -0.411. The first-order chi connectivity index (χ1) is 18.8. The standard InChI is InChI=1S/C28H33N7O4/c1-28(2,3)35-26(30-31-32-35)25(21-15-19-14-20(37-4)6-7-22(19)29-27(21)36)34-11-9-33(10-12-34)16-18-5-8-23-24(13-18)39-17-38-23/h5-8,13-15,25H,9-12,16-17H2,1-4H3,(H,29,36)/t25-/m0/s1. The van der Waals surface area contributed by atoms with Gasteiger partial charge in [-0.3, -0.25) is 14.6 Å². The molecule has 0 unspecified atom stereocenters. The predicted octanol–water partition coefficient (Wildman–Crippen LogP) is 2.91. The summed E-state index contributed by atoms with van der Waals surface area (Å²) in [6.45, 7) is 10.4. The summed E-state index contributed by atoms with van der Waals surface area (Å²) < 4.78 is 18.3. The molecule has 2 aromatic heterocycles. The normalized spacial score (nSPS) is 17.0. The number of hydrogen-bond donors (Lipinski definition) is 1. The molecule has 1 saturated heterocycles. The molecule has 0 bridgehead atoms. The van der Waals surface area contributed by atoms with Crippen molar-refractivity contribution in [3.63, 3.8) is 0 Å². The maximum absolute atomic E-state index is 13.5. The van der Waals surface area contributed by atoms with E-state index in [2.05, 4.69) is 63.2 Å². The molecule has 2 aliphatic heterocycles. The molecule has 11 heteroatoms. The maximum Gasteiger partial charge on any atom is 0.253 e. The highest BCUT2D eigenvalue weighted by molar-refractivity contribution is 5.80. The van der Waals surface area contributed by atoms with Crippen LogP contribution in [0.2, 0.25) is 0 Å². The molecule has 39 heavy (non-hydrogen) atoms. The van der Waals surface area contributed by atoms with E-state index in [4.69, 9.17) is 14.2 Å². The zero-order valence-corrected chi connectivity index (χ0v) is 22.7. The van der Waals surface area contributed by atoms with Gasteiger partial charge in [-0.15, -0.1) is 5.10 Å². The van der Waals surface area contributed by atoms with Gasteiger partial charge < -0.3 is 19.2 Å². The third kappa shape index (κ3) is 4.95. The Labute approximate surface area is 226 Å².